The molecule has 0 aliphatic carbocycles. The van der Waals surface area contributed by atoms with Gasteiger partial charge in [-0.15, -0.1) is 0 Å². The lowest BCUT2D eigenvalue weighted by Crippen LogP contribution is -2.53. The van der Waals surface area contributed by atoms with Crippen molar-refractivity contribution in [1.29, 1.82) is 0 Å². The predicted octanol–water partition coefficient (Wildman–Crippen LogP) is 1.40. The van der Waals surface area contributed by atoms with Crippen LogP contribution in [0.5, 0.6) is 11.5 Å². The summed E-state index contributed by atoms with van der Waals surface area (Å²) in [7, 11) is 3.06. The molecule has 1 aromatic carbocycles. The van der Waals surface area contributed by atoms with Crippen molar-refractivity contribution < 1.29 is 23.9 Å². The van der Waals surface area contributed by atoms with E-state index in [1.165, 1.54) is 11.9 Å². The number of methoxy groups -OCH3 is 1. The van der Waals surface area contributed by atoms with Gasteiger partial charge in [0.1, 0.15) is 29.7 Å². The van der Waals surface area contributed by atoms with Crippen molar-refractivity contribution >= 4 is 17.7 Å². The maximum atomic E-state index is 13.6. The second-order valence-electron chi connectivity index (χ2n) is 9.51. The van der Waals surface area contributed by atoms with Crippen molar-refractivity contribution in [2.24, 2.45) is 5.73 Å². The number of carbonyl (C=O) groups excluding carboxylic acids is 3. The number of amides is 3. The molecule has 3 amide bonds. The molecule has 40 heavy (non-hydrogen) atoms. The molecule has 0 saturated carbocycles. The summed E-state index contributed by atoms with van der Waals surface area (Å²) in [5.74, 6) is 0.0820. The first-order chi connectivity index (χ1) is 19.4. The van der Waals surface area contributed by atoms with E-state index in [2.05, 4.69) is 20.6 Å². The zero-order valence-electron chi connectivity index (χ0n) is 22.5. The number of rotatable bonds is 11. The topological polar surface area (TPSA) is 149 Å². The van der Waals surface area contributed by atoms with Gasteiger partial charge in [0.2, 0.25) is 17.7 Å². The third-order valence-electron chi connectivity index (χ3n) is 6.84. The van der Waals surface area contributed by atoms with E-state index in [1.54, 1.807) is 62.2 Å². The van der Waals surface area contributed by atoms with Crippen LogP contribution in [0.15, 0.2) is 73.3 Å². The highest BCUT2D eigenvalue weighted by Gasteiger charge is 2.42. The zero-order valence-corrected chi connectivity index (χ0v) is 22.5. The van der Waals surface area contributed by atoms with Gasteiger partial charge in [0.05, 0.1) is 13.7 Å². The predicted molar refractivity (Wildman–Crippen MR) is 147 cm³/mol. The lowest BCUT2D eigenvalue weighted by atomic mass is 10.0. The highest BCUT2D eigenvalue weighted by Crippen LogP contribution is 2.29. The summed E-state index contributed by atoms with van der Waals surface area (Å²) in [5.41, 5.74) is 7.95. The minimum absolute atomic E-state index is 0.0397. The lowest BCUT2D eigenvalue weighted by molar-refractivity contribution is -0.139. The molecule has 3 heterocycles. The minimum atomic E-state index is -0.853. The molecule has 0 spiro atoms. The van der Waals surface area contributed by atoms with Crippen molar-refractivity contribution in [3.8, 4) is 11.5 Å². The maximum Gasteiger partial charge on any atom is 0.243 e. The number of hydrogen-bond acceptors (Lipinski definition) is 8. The Hall–Kier alpha value is -4.51. The Morgan fingerprint density at radius 3 is 2.40 bits per heavy atom. The lowest BCUT2D eigenvalue weighted by Gasteiger charge is -2.27. The summed E-state index contributed by atoms with van der Waals surface area (Å²) in [6, 6.07) is 11.9. The van der Waals surface area contributed by atoms with Crippen molar-refractivity contribution in [1.82, 2.24) is 25.5 Å². The third-order valence-corrected chi connectivity index (χ3v) is 6.84. The van der Waals surface area contributed by atoms with E-state index in [4.69, 9.17) is 15.2 Å². The van der Waals surface area contributed by atoms with Gasteiger partial charge in [-0.3, -0.25) is 24.4 Å². The van der Waals surface area contributed by atoms with Crippen LogP contribution in [0.3, 0.4) is 0 Å². The van der Waals surface area contributed by atoms with Crippen molar-refractivity contribution in [2.45, 2.75) is 43.5 Å². The van der Waals surface area contributed by atoms with Crippen LogP contribution in [0, 0.1) is 0 Å². The fourth-order valence-corrected chi connectivity index (χ4v) is 4.81. The first kappa shape index (κ1) is 28.5. The van der Waals surface area contributed by atoms with Gasteiger partial charge in [-0.05, 0) is 35.9 Å². The number of likely N-dealkylation sites (N-methyl/N-ethyl adjacent to an activating group) is 1. The maximum absolute atomic E-state index is 13.6. The molecular formula is C29H34N6O5. The van der Waals surface area contributed by atoms with Crippen LogP contribution in [0.1, 0.15) is 30.0 Å². The van der Waals surface area contributed by atoms with Gasteiger partial charge in [-0.25, -0.2) is 0 Å². The van der Waals surface area contributed by atoms with Crippen LogP contribution in [-0.4, -0.2) is 71.5 Å². The first-order valence-electron chi connectivity index (χ1n) is 13.0. The van der Waals surface area contributed by atoms with Crippen LogP contribution in [-0.2, 0) is 20.8 Å². The fourth-order valence-electron chi connectivity index (χ4n) is 4.81. The molecule has 1 aliphatic heterocycles. The van der Waals surface area contributed by atoms with Crippen molar-refractivity contribution in [3.63, 3.8) is 0 Å². The summed E-state index contributed by atoms with van der Waals surface area (Å²) in [5, 5.41) is 5.45. The summed E-state index contributed by atoms with van der Waals surface area (Å²) in [4.78, 5) is 49.4. The van der Waals surface area contributed by atoms with Crippen LogP contribution in [0.25, 0.3) is 0 Å². The number of nitrogens with one attached hydrogen (secondary N) is 2. The fraction of sp³-hybridized carbons (Fsp3) is 0.345. The number of ether oxygens (including phenoxy) is 2. The molecule has 3 aromatic rings. The molecule has 4 rings (SSSR count). The molecule has 4 N–H and O–H groups in total. The third kappa shape index (κ3) is 7.11. The van der Waals surface area contributed by atoms with Crippen molar-refractivity contribution in [3.05, 3.63) is 84.4 Å². The molecule has 1 fully saturated rings. The normalized spacial score (nSPS) is 17.9. The van der Waals surface area contributed by atoms with E-state index in [1.807, 2.05) is 18.2 Å². The van der Waals surface area contributed by atoms with Crippen LogP contribution < -0.4 is 25.8 Å². The van der Waals surface area contributed by atoms with Crippen LogP contribution >= 0.6 is 0 Å². The largest absolute Gasteiger partial charge is 0.496 e. The quantitative estimate of drug-likeness (QED) is 0.327. The number of benzene rings is 1. The number of aromatic nitrogens is 2. The Bertz CT molecular complexity index is 1290. The van der Waals surface area contributed by atoms with E-state index in [-0.39, 0.29) is 37.6 Å². The van der Waals surface area contributed by atoms with Gasteiger partial charge in [0.15, 0.2) is 0 Å². The molecule has 1 saturated heterocycles. The number of nitrogens with two attached hydrogens (primary N) is 1. The highest BCUT2D eigenvalue weighted by molar-refractivity contribution is 5.92. The van der Waals surface area contributed by atoms with Gasteiger partial charge in [-0.1, -0.05) is 18.2 Å². The molecule has 0 radical (unpaired) electrons. The molecule has 210 valence electrons. The van der Waals surface area contributed by atoms with E-state index in [0.717, 1.165) is 5.56 Å². The number of pyridine rings is 2. The summed E-state index contributed by atoms with van der Waals surface area (Å²) >= 11 is 0. The van der Waals surface area contributed by atoms with E-state index >= 15 is 0 Å². The summed E-state index contributed by atoms with van der Waals surface area (Å²) < 4.78 is 11.5. The average Bonchev–Trinajstić information content (AvgIpc) is 3.41. The first-order valence-corrected chi connectivity index (χ1v) is 13.0. The smallest absolute Gasteiger partial charge is 0.243 e. The summed E-state index contributed by atoms with van der Waals surface area (Å²) in [6.07, 6.45) is 6.51. The molecular weight excluding hydrogens is 512 g/mol. The van der Waals surface area contributed by atoms with Crippen molar-refractivity contribution in [2.75, 3.05) is 20.7 Å². The van der Waals surface area contributed by atoms with Gasteiger partial charge in [0.25, 0.3) is 0 Å². The Kier molecular flexibility index (Phi) is 9.63. The average molecular weight is 547 g/mol. The van der Waals surface area contributed by atoms with E-state index < -0.39 is 30.1 Å². The molecule has 4 atom stereocenters. The van der Waals surface area contributed by atoms with Crippen LogP contribution in [0.4, 0.5) is 0 Å². The number of hydrogen-bond donors (Lipinski definition) is 3. The van der Waals surface area contributed by atoms with Gasteiger partial charge in [0, 0.05) is 62.7 Å². The minimum Gasteiger partial charge on any atom is -0.496 e. The number of nitrogens with zero attached hydrogens (tertiary/aromatic N) is 3. The Labute approximate surface area is 233 Å². The standard InChI is InChI=1S/C29H34N6O5/c1-31-28(37)24(15-19-7-11-32-12-8-19)34-29(38)25-16-21(40-20-9-13-33-14-10-20)18-35(25)27(36)17-23(30)22-5-3-4-6-26(22)39-2/h3-14,21,23-25H,15-18,30H2,1-2H3,(H,31,37)(H,34,38)/t21?,23?,24-,25-/m0/s1. The van der Waals surface area contributed by atoms with Gasteiger partial charge in [-0.2, -0.15) is 0 Å². The van der Waals surface area contributed by atoms with E-state index in [0.29, 0.717) is 17.1 Å². The zero-order chi connectivity index (χ0) is 28.5. The second kappa shape index (κ2) is 13.5. The van der Waals surface area contributed by atoms with E-state index in [9.17, 15) is 14.4 Å². The number of para-hydroxylation sites is 1. The molecule has 11 heteroatoms. The SMILES string of the molecule is CNC(=O)[C@H](Cc1ccncc1)NC(=O)[C@@H]1CC(Oc2ccncc2)CN1C(=O)CC(N)c1ccccc1OC. The monoisotopic (exact) mass is 546 g/mol. The molecule has 11 nitrogen and oxygen atoms in total. The second-order valence-corrected chi connectivity index (χ2v) is 9.51. The van der Waals surface area contributed by atoms with Gasteiger partial charge >= 0.3 is 0 Å². The van der Waals surface area contributed by atoms with Crippen LogP contribution in [0.2, 0.25) is 0 Å². The Morgan fingerprint density at radius 1 is 1.05 bits per heavy atom. The summed E-state index contributed by atoms with van der Waals surface area (Å²) in [6.45, 7) is 0.187. The number of carbonyl (C=O) groups is 3. The Balaban J connectivity index is 1.53. The Morgan fingerprint density at radius 2 is 1.73 bits per heavy atom. The highest BCUT2D eigenvalue weighted by atomic mass is 16.5. The molecule has 1 aliphatic rings. The van der Waals surface area contributed by atoms with Gasteiger partial charge < -0.3 is 30.7 Å². The molecule has 2 unspecified atom stereocenters. The molecule has 2 aromatic heterocycles. The number of likely N-dealkylation sites (tertiary alicyclic amines) is 1. The molecule has 0 bridgehead atoms.